The molecule has 4 nitrogen and oxygen atoms in total. The summed E-state index contributed by atoms with van der Waals surface area (Å²) in [7, 11) is 0. The fourth-order valence-electron chi connectivity index (χ4n) is 1.90. The summed E-state index contributed by atoms with van der Waals surface area (Å²) < 4.78 is 13.0. The smallest absolute Gasteiger partial charge is 0.305 e. The summed E-state index contributed by atoms with van der Waals surface area (Å²) in [5.74, 6) is -1.45. The number of rotatable bonds is 4. The van der Waals surface area contributed by atoms with E-state index in [1.165, 1.54) is 0 Å². The maximum atomic E-state index is 13.0. The van der Waals surface area contributed by atoms with Gasteiger partial charge in [0.05, 0.1) is 27.7 Å². The number of benzene rings is 1. The molecular formula is C11H11Cl2FN2O2. The van der Waals surface area contributed by atoms with Gasteiger partial charge in [-0.2, -0.15) is 0 Å². The third-order valence-corrected chi connectivity index (χ3v) is 3.41. The zero-order valence-corrected chi connectivity index (χ0v) is 10.8. The molecule has 0 unspecified atom stereocenters. The molecule has 0 aliphatic carbocycles. The highest BCUT2D eigenvalue weighted by molar-refractivity contribution is 6.39. The molecule has 0 spiro atoms. The van der Waals surface area contributed by atoms with Crippen LogP contribution < -0.4 is 10.6 Å². The van der Waals surface area contributed by atoms with Crippen molar-refractivity contribution >= 4 is 34.9 Å². The number of hydrogen-bond donors (Lipinski definition) is 3. The van der Waals surface area contributed by atoms with Crippen LogP contribution in [0.5, 0.6) is 0 Å². The van der Waals surface area contributed by atoms with E-state index in [0.717, 1.165) is 12.1 Å². The molecule has 1 aromatic rings. The van der Waals surface area contributed by atoms with Gasteiger partial charge in [0.25, 0.3) is 0 Å². The van der Waals surface area contributed by atoms with Crippen molar-refractivity contribution < 1.29 is 14.3 Å². The monoisotopic (exact) mass is 292 g/mol. The summed E-state index contributed by atoms with van der Waals surface area (Å²) in [5.41, 5.74) is -0.265. The van der Waals surface area contributed by atoms with E-state index in [2.05, 4.69) is 10.6 Å². The van der Waals surface area contributed by atoms with Crippen molar-refractivity contribution in [3.05, 3.63) is 28.0 Å². The molecule has 1 saturated heterocycles. The molecule has 0 aromatic heterocycles. The fourth-order valence-corrected chi connectivity index (χ4v) is 2.46. The molecule has 98 valence electrons. The van der Waals surface area contributed by atoms with Crippen LogP contribution in [0.4, 0.5) is 10.1 Å². The number of nitrogens with one attached hydrogen (secondary N) is 2. The zero-order valence-electron chi connectivity index (χ0n) is 9.27. The molecule has 7 heteroatoms. The third kappa shape index (κ3) is 2.68. The molecular weight excluding hydrogens is 282 g/mol. The van der Waals surface area contributed by atoms with Crippen LogP contribution >= 0.6 is 23.2 Å². The van der Waals surface area contributed by atoms with Gasteiger partial charge >= 0.3 is 5.97 Å². The van der Waals surface area contributed by atoms with Crippen LogP contribution in [-0.4, -0.2) is 29.7 Å². The summed E-state index contributed by atoms with van der Waals surface area (Å²) in [6, 6.07) is 2.27. The Morgan fingerprint density at radius 3 is 2.39 bits per heavy atom. The lowest BCUT2D eigenvalue weighted by molar-refractivity contribution is -0.138. The summed E-state index contributed by atoms with van der Waals surface area (Å²) in [5, 5.41) is 15.2. The molecule has 0 radical (unpaired) electrons. The molecule has 1 aromatic carbocycles. The van der Waals surface area contributed by atoms with Gasteiger partial charge in [-0.25, -0.2) is 4.39 Å². The second-order valence-corrected chi connectivity index (χ2v) is 5.14. The van der Waals surface area contributed by atoms with Crippen molar-refractivity contribution in [1.29, 1.82) is 0 Å². The molecule has 0 amide bonds. The van der Waals surface area contributed by atoms with Crippen LogP contribution in [0.1, 0.15) is 6.42 Å². The summed E-state index contributed by atoms with van der Waals surface area (Å²) in [4.78, 5) is 10.8. The molecule has 3 N–H and O–H groups in total. The van der Waals surface area contributed by atoms with Crippen molar-refractivity contribution in [3.8, 4) is 0 Å². The molecule has 0 atom stereocenters. The van der Waals surface area contributed by atoms with E-state index in [1.807, 2.05) is 0 Å². The normalized spacial score (nSPS) is 17.1. The molecule has 1 aliphatic rings. The van der Waals surface area contributed by atoms with E-state index in [9.17, 15) is 9.18 Å². The first-order valence-electron chi connectivity index (χ1n) is 5.27. The minimum absolute atomic E-state index is 0.0654. The van der Waals surface area contributed by atoms with Gasteiger partial charge in [-0.15, -0.1) is 0 Å². The Balaban J connectivity index is 2.25. The van der Waals surface area contributed by atoms with Crippen molar-refractivity contribution in [3.63, 3.8) is 0 Å². The Morgan fingerprint density at radius 1 is 1.44 bits per heavy atom. The van der Waals surface area contributed by atoms with Crippen molar-refractivity contribution in [2.75, 3.05) is 18.4 Å². The highest BCUT2D eigenvalue weighted by Crippen LogP contribution is 2.35. The molecule has 0 bridgehead atoms. The van der Waals surface area contributed by atoms with Crippen LogP contribution in [0.15, 0.2) is 12.1 Å². The van der Waals surface area contributed by atoms with Gasteiger partial charge in [-0.1, -0.05) is 23.2 Å². The SMILES string of the molecule is O=C(O)CC1(Nc2c(Cl)cc(F)cc2Cl)CNC1. The average molecular weight is 293 g/mol. The molecule has 18 heavy (non-hydrogen) atoms. The summed E-state index contributed by atoms with van der Waals surface area (Å²) in [6.45, 7) is 0.979. The van der Waals surface area contributed by atoms with E-state index in [0.29, 0.717) is 18.8 Å². The van der Waals surface area contributed by atoms with Gasteiger partial charge in [0, 0.05) is 13.1 Å². The van der Waals surface area contributed by atoms with Gasteiger partial charge < -0.3 is 15.7 Å². The fraction of sp³-hybridized carbons (Fsp3) is 0.364. The van der Waals surface area contributed by atoms with Crippen molar-refractivity contribution in [2.45, 2.75) is 12.0 Å². The minimum atomic E-state index is -0.918. The third-order valence-electron chi connectivity index (χ3n) is 2.81. The lowest BCUT2D eigenvalue weighted by Crippen LogP contribution is -2.65. The van der Waals surface area contributed by atoms with Gasteiger partial charge in [-0.05, 0) is 12.1 Å². The standard InChI is InChI=1S/C11H11Cl2FN2O2/c12-7-1-6(14)2-8(13)10(7)16-11(3-9(17)18)4-15-5-11/h1-2,15-16H,3-5H2,(H,17,18). The first-order chi connectivity index (χ1) is 8.42. The molecule has 1 heterocycles. The highest BCUT2D eigenvalue weighted by Gasteiger charge is 2.39. The summed E-state index contributed by atoms with van der Waals surface area (Å²) in [6.07, 6.45) is -0.0654. The Hall–Kier alpha value is -1.04. The lowest BCUT2D eigenvalue weighted by atomic mass is 9.88. The summed E-state index contributed by atoms with van der Waals surface area (Å²) >= 11 is 11.8. The predicted octanol–water partition coefficient (Wildman–Crippen LogP) is 2.36. The number of carboxylic acid groups (broad SMARTS) is 1. The molecule has 1 fully saturated rings. The van der Waals surface area contributed by atoms with Gasteiger partial charge in [0.2, 0.25) is 0 Å². The van der Waals surface area contributed by atoms with E-state index in [-0.39, 0.29) is 16.5 Å². The number of carbonyl (C=O) groups is 1. The van der Waals surface area contributed by atoms with E-state index < -0.39 is 17.3 Å². The van der Waals surface area contributed by atoms with Crippen molar-refractivity contribution in [1.82, 2.24) is 5.32 Å². The predicted molar refractivity (Wildman–Crippen MR) is 67.9 cm³/mol. The number of hydrogen-bond acceptors (Lipinski definition) is 3. The Labute approximate surface area is 113 Å². The number of carboxylic acids is 1. The lowest BCUT2D eigenvalue weighted by Gasteiger charge is -2.43. The first kappa shape index (κ1) is 13.4. The topological polar surface area (TPSA) is 61.4 Å². The second kappa shape index (κ2) is 4.91. The number of aliphatic carboxylic acids is 1. The maximum absolute atomic E-state index is 13.0. The Bertz CT molecular complexity index is 469. The molecule has 0 saturated carbocycles. The quantitative estimate of drug-likeness (QED) is 0.797. The minimum Gasteiger partial charge on any atom is -0.481 e. The second-order valence-electron chi connectivity index (χ2n) is 4.32. The highest BCUT2D eigenvalue weighted by atomic mass is 35.5. The number of anilines is 1. The first-order valence-corrected chi connectivity index (χ1v) is 6.03. The van der Waals surface area contributed by atoms with Crippen LogP contribution in [0.25, 0.3) is 0 Å². The van der Waals surface area contributed by atoms with E-state index in [4.69, 9.17) is 28.3 Å². The Kier molecular flexibility index (Phi) is 3.66. The molecule has 1 aliphatic heterocycles. The van der Waals surface area contributed by atoms with Gasteiger partial charge in [0.15, 0.2) is 0 Å². The Morgan fingerprint density at radius 2 is 2.00 bits per heavy atom. The van der Waals surface area contributed by atoms with Crippen LogP contribution in [0, 0.1) is 5.82 Å². The average Bonchev–Trinajstić information content (AvgIpc) is 2.18. The van der Waals surface area contributed by atoms with Crippen LogP contribution in [-0.2, 0) is 4.79 Å². The van der Waals surface area contributed by atoms with E-state index >= 15 is 0 Å². The van der Waals surface area contributed by atoms with Crippen LogP contribution in [0.3, 0.4) is 0 Å². The number of halogens is 3. The van der Waals surface area contributed by atoms with E-state index in [1.54, 1.807) is 0 Å². The zero-order chi connectivity index (χ0) is 13.3. The van der Waals surface area contributed by atoms with Gasteiger partial charge in [-0.3, -0.25) is 4.79 Å². The largest absolute Gasteiger partial charge is 0.481 e. The maximum Gasteiger partial charge on any atom is 0.305 e. The van der Waals surface area contributed by atoms with Crippen LogP contribution in [0.2, 0.25) is 10.0 Å². The van der Waals surface area contributed by atoms with Crippen molar-refractivity contribution in [2.24, 2.45) is 0 Å². The van der Waals surface area contributed by atoms with Gasteiger partial charge in [0.1, 0.15) is 5.82 Å². The molecule has 2 rings (SSSR count).